The van der Waals surface area contributed by atoms with Crippen molar-refractivity contribution < 1.29 is 27.9 Å². The molecule has 0 aliphatic rings. The standard InChI is InChI=1S/C16H18N2O6S/c1-5-18-15(20)11(8-17-18)14(19)10-6-7-12(25(4,22)23)13(9(10)2)16(21)24-3/h6-8,20H,5H2,1-4H3. The van der Waals surface area contributed by atoms with Crippen molar-refractivity contribution in [2.45, 2.75) is 25.3 Å². The number of aromatic nitrogens is 2. The summed E-state index contributed by atoms with van der Waals surface area (Å²) in [6.45, 7) is 3.58. The molecule has 134 valence electrons. The Kier molecular flexibility index (Phi) is 4.98. The number of aromatic hydroxyl groups is 1. The Labute approximate surface area is 145 Å². The molecule has 0 radical (unpaired) electrons. The minimum Gasteiger partial charge on any atom is -0.493 e. The van der Waals surface area contributed by atoms with Crippen LogP contribution in [0, 0.1) is 6.92 Å². The molecule has 0 amide bonds. The first-order valence-corrected chi connectivity index (χ1v) is 9.24. The van der Waals surface area contributed by atoms with Gasteiger partial charge in [0.2, 0.25) is 5.88 Å². The molecule has 2 rings (SSSR count). The van der Waals surface area contributed by atoms with Gasteiger partial charge in [-0.1, -0.05) is 0 Å². The quantitative estimate of drug-likeness (QED) is 0.627. The van der Waals surface area contributed by atoms with Crippen molar-refractivity contribution in [2.24, 2.45) is 0 Å². The molecule has 0 bridgehead atoms. The number of benzene rings is 1. The van der Waals surface area contributed by atoms with Crippen molar-refractivity contribution in [3.63, 3.8) is 0 Å². The summed E-state index contributed by atoms with van der Waals surface area (Å²) >= 11 is 0. The molecule has 0 aliphatic carbocycles. The number of ether oxygens (including phenoxy) is 1. The van der Waals surface area contributed by atoms with Gasteiger partial charge in [0.25, 0.3) is 0 Å². The Balaban J connectivity index is 2.69. The maximum atomic E-state index is 12.7. The van der Waals surface area contributed by atoms with E-state index in [0.29, 0.717) is 6.54 Å². The Bertz CT molecular complexity index is 959. The molecule has 25 heavy (non-hydrogen) atoms. The number of nitrogens with zero attached hydrogens (tertiary/aromatic N) is 2. The normalized spacial score (nSPS) is 11.4. The molecular weight excluding hydrogens is 348 g/mol. The Hall–Kier alpha value is -2.68. The highest BCUT2D eigenvalue weighted by molar-refractivity contribution is 7.90. The summed E-state index contributed by atoms with van der Waals surface area (Å²) in [5, 5.41) is 14.0. The maximum Gasteiger partial charge on any atom is 0.339 e. The van der Waals surface area contributed by atoms with Crippen LogP contribution in [0.4, 0.5) is 0 Å². The van der Waals surface area contributed by atoms with E-state index in [0.717, 1.165) is 13.4 Å². The number of esters is 1. The monoisotopic (exact) mass is 366 g/mol. The van der Waals surface area contributed by atoms with Gasteiger partial charge in [-0.05, 0) is 31.5 Å². The lowest BCUT2D eigenvalue weighted by molar-refractivity contribution is 0.0595. The van der Waals surface area contributed by atoms with Crippen LogP contribution >= 0.6 is 0 Å². The van der Waals surface area contributed by atoms with Crippen LogP contribution in [0.2, 0.25) is 0 Å². The maximum absolute atomic E-state index is 12.7. The number of hydrogen-bond acceptors (Lipinski definition) is 7. The van der Waals surface area contributed by atoms with E-state index in [1.54, 1.807) is 6.92 Å². The molecule has 0 saturated heterocycles. The molecule has 0 unspecified atom stereocenters. The van der Waals surface area contributed by atoms with E-state index in [1.165, 1.54) is 29.9 Å². The molecule has 0 saturated carbocycles. The Morgan fingerprint density at radius 3 is 2.40 bits per heavy atom. The van der Waals surface area contributed by atoms with E-state index in [-0.39, 0.29) is 33.0 Å². The van der Waals surface area contributed by atoms with Gasteiger partial charge in [0, 0.05) is 18.4 Å². The van der Waals surface area contributed by atoms with Crippen molar-refractivity contribution in [1.82, 2.24) is 9.78 Å². The molecule has 1 heterocycles. The van der Waals surface area contributed by atoms with E-state index >= 15 is 0 Å². The zero-order valence-corrected chi connectivity index (χ0v) is 15.0. The second-order valence-corrected chi connectivity index (χ2v) is 7.39. The van der Waals surface area contributed by atoms with Crippen LogP contribution in [0.25, 0.3) is 0 Å². The number of carbonyl (C=O) groups is 2. The molecule has 1 aromatic heterocycles. The molecule has 1 aromatic carbocycles. The predicted octanol–water partition coefficient (Wildman–Crippen LogP) is 1.34. The van der Waals surface area contributed by atoms with Gasteiger partial charge in [-0.2, -0.15) is 5.10 Å². The lowest BCUT2D eigenvalue weighted by atomic mass is 9.96. The highest BCUT2D eigenvalue weighted by atomic mass is 32.2. The fourth-order valence-electron chi connectivity index (χ4n) is 2.51. The summed E-state index contributed by atoms with van der Waals surface area (Å²) in [6, 6.07) is 2.49. The number of hydrogen-bond donors (Lipinski definition) is 1. The first-order chi connectivity index (χ1) is 11.6. The van der Waals surface area contributed by atoms with Gasteiger partial charge in [0.05, 0.1) is 23.8 Å². The van der Waals surface area contributed by atoms with Crippen molar-refractivity contribution in [2.75, 3.05) is 13.4 Å². The van der Waals surface area contributed by atoms with Gasteiger partial charge in [0.1, 0.15) is 5.56 Å². The Morgan fingerprint density at radius 2 is 1.92 bits per heavy atom. The van der Waals surface area contributed by atoms with E-state index < -0.39 is 21.6 Å². The van der Waals surface area contributed by atoms with Crippen LogP contribution < -0.4 is 0 Å². The molecule has 0 spiro atoms. The number of carbonyl (C=O) groups excluding carboxylic acids is 2. The topological polar surface area (TPSA) is 116 Å². The summed E-state index contributed by atoms with van der Waals surface area (Å²) in [7, 11) is -2.58. The number of aryl methyl sites for hydroxylation is 1. The average Bonchev–Trinajstić information content (AvgIpc) is 2.93. The number of sulfone groups is 1. The highest BCUT2D eigenvalue weighted by Crippen LogP contribution is 2.27. The molecule has 8 nitrogen and oxygen atoms in total. The van der Waals surface area contributed by atoms with Crippen LogP contribution in [0.5, 0.6) is 5.88 Å². The highest BCUT2D eigenvalue weighted by Gasteiger charge is 2.27. The van der Waals surface area contributed by atoms with Gasteiger partial charge in [-0.15, -0.1) is 0 Å². The van der Waals surface area contributed by atoms with Gasteiger partial charge in [0.15, 0.2) is 15.6 Å². The summed E-state index contributed by atoms with van der Waals surface area (Å²) in [6.07, 6.45) is 2.19. The van der Waals surface area contributed by atoms with Crippen molar-refractivity contribution in [1.29, 1.82) is 0 Å². The van der Waals surface area contributed by atoms with Gasteiger partial charge in [-0.25, -0.2) is 17.9 Å². The number of ketones is 1. The van der Waals surface area contributed by atoms with Crippen molar-refractivity contribution in [3.05, 3.63) is 40.6 Å². The Morgan fingerprint density at radius 1 is 1.28 bits per heavy atom. The van der Waals surface area contributed by atoms with E-state index in [4.69, 9.17) is 0 Å². The van der Waals surface area contributed by atoms with Crippen LogP contribution in [0.15, 0.2) is 23.2 Å². The van der Waals surface area contributed by atoms with Gasteiger partial charge >= 0.3 is 5.97 Å². The van der Waals surface area contributed by atoms with Gasteiger partial charge < -0.3 is 9.84 Å². The van der Waals surface area contributed by atoms with Crippen LogP contribution in [-0.2, 0) is 21.1 Å². The third-order valence-electron chi connectivity index (χ3n) is 3.82. The van der Waals surface area contributed by atoms with Crippen LogP contribution in [0.3, 0.4) is 0 Å². The van der Waals surface area contributed by atoms with Crippen molar-refractivity contribution >= 4 is 21.6 Å². The third-order valence-corrected chi connectivity index (χ3v) is 4.96. The molecular formula is C16H18N2O6S. The summed E-state index contributed by atoms with van der Waals surface area (Å²) in [4.78, 5) is 24.6. The smallest absolute Gasteiger partial charge is 0.339 e. The minimum absolute atomic E-state index is 0.0344. The van der Waals surface area contributed by atoms with E-state index in [9.17, 15) is 23.1 Å². The molecule has 0 fully saturated rings. The van der Waals surface area contributed by atoms with Crippen LogP contribution in [-0.4, -0.2) is 48.4 Å². The molecule has 0 aliphatic heterocycles. The molecule has 2 aromatic rings. The molecule has 1 N–H and O–H groups in total. The fourth-order valence-corrected chi connectivity index (χ4v) is 3.44. The summed E-state index contributed by atoms with van der Waals surface area (Å²) in [5.41, 5.74) is 0.00766. The van der Waals surface area contributed by atoms with E-state index in [1.807, 2.05) is 0 Å². The lowest BCUT2D eigenvalue weighted by Gasteiger charge is -2.13. The lowest BCUT2D eigenvalue weighted by Crippen LogP contribution is -2.15. The summed E-state index contributed by atoms with van der Waals surface area (Å²) in [5.74, 6) is -1.72. The zero-order valence-electron chi connectivity index (χ0n) is 14.2. The fraction of sp³-hybridized carbons (Fsp3) is 0.312. The van der Waals surface area contributed by atoms with Crippen LogP contribution in [0.1, 0.15) is 38.8 Å². The SMILES string of the molecule is CCn1ncc(C(=O)c2ccc(S(C)(=O)=O)c(C(=O)OC)c2C)c1O. The van der Waals surface area contributed by atoms with E-state index in [2.05, 4.69) is 9.84 Å². The van der Waals surface area contributed by atoms with Crippen molar-refractivity contribution in [3.8, 4) is 5.88 Å². The zero-order chi connectivity index (χ0) is 18.9. The second-order valence-electron chi connectivity index (χ2n) is 5.40. The second kappa shape index (κ2) is 6.67. The predicted molar refractivity (Wildman–Crippen MR) is 88.6 cm³/mol. The first-order valence-electron chi connectivity index (χ1n) is 7.34. The minimum atomic E-state index is -3.70. The molecule has 0 atom stereocenters. The third kappa shape index (κ3) is 3.27. The number of rotatable bonds is 5. The summed E-state index contributed by atoms with van der Waals surface area (Å²) < 4.78 is 29.8. The molecule has 9 heteroatoms. The largest absolute Gasteiger partial charge is 0.493 e. The van der Waals surface area contributed by atoms with Gasteiger partial charge in [-0.3, -0.25) is 4.79 Å². The average molecular weight is 366 g/mol. The number of methoxy groups -OCH3 is 1. The first kappa shape index (κ1) is 18.7.